The largest absolute Gasteiger partial charge is 0.308 e. The Hall–Kier alpha value is -8.00. The smallest absolute Gasteiger partial charge is 0.0937 e. The lowest BCUT2D eigenvalue weighted by molar-refractivity contribution is 0.788. The van der Waals surface area contributed by atoms with Gasteiger partial charge in [-0.05, 0) is 146 Å². The minimum Gasteiger partial charge on any atom is -0.308 e. The quantitative estimate of drug-likeness (QED) is 0.171. The topological polar surface area (TPSA) is 67.7 Å². The second kappa shape index (κ2) is 14.0. The van der Waals surface area contributed by atoms with Gasteiger partial charge in [0.25, 0.3) is 0 Å². The van der Waals surface area contributed by atoms with Crippen LogP contribution in [0.4, 0.5) is 17.1 Å². The first kappa shape index (κ1) is 35.7. The molecule has 0 N–H and O–H groups in total. The first-order valence-corrected chi connectivity index (χ1v) is 21.8. The van der Waals surface area contributed by atoms with Gasteiger partial charge in [-0.15, -0.1) is 0 Å². The molecule has 0 radical (unpaired) electrons. The number of rotatable bonds is 5. The maximum Gasteiger partial charge on any atom is 0.0937 e. The van der Waals surface area contributed by atoms with E-state index in [0.29, 0.717) is 0 Å². The average molecular weight is 823 g/mol. The number of fused-ring (bicyclic) bond motifs is 13. The molecule has 10 aromatic rings. The van der Waals surface area contributed by atoms with E-state index in [4.69, 9.17) is 9.97 Å². The van der Waals surface area contributed by atoms with Crippen molar-refractivity contribution in [2.75, 3.05) is 4.90 Å². The molecule has 0 saturated carbocycles. The summed E-state index contributed by atoms with van der Waals surface area (Å²) < 4.78 is 0. The molecule has 0 bridgehead atoms. The van der Waals surface area contributed by atoms with Crippen molar-refractivity contribution < 1.29 is 0 Å². The molecule has 6 nitrogen and oxygen atoms in total. The van der Waals surface area contributed by atoms with Crippen LogP contribution in [0.2, 0.25) is 0 Å². The number of hydrogen-bond acceptors (Lipinski definition) is 7. The van der Waals surface area contributed by atoms with Gasteiger partial charge in [0.05, 0.1) is 28.2 Å². The van der Waals surface area contributed by atoms with Crippen molar-refractivity contribution in [2.24, 2.45) is 0 Å². The van der Waals surface area contributed by atoms with Crippen LogP contribution in [0.3, 0.4) is 0 Å². The maximum absolute atomic E-state index is 5.38. The molecule has 1 spiro atoms. The van der Waals surface area contributed by atoms with E-state index < -0.39 is 5.41 Å². The predicted molar refractivity (Wildman–Crippen MR) is 252 cm³/mol. The molecular weight excluding hydrogens is 789 g/mol. The van der Waals surface area contributed by atoms with Gasteiger partial charge in [-0.3, -0.25) is 24.9 Å². The molecule has 0 fully saturated rings. The van der Waals surface area contributed by atoms with Crippen molar-refractivity contribution in [2.45, 2.75) is 15.2 Å². The molecule has 3 aliphatic rings. The molecule has 294 valence electrons. The minimum absolute atomic E-state index is 0.646. The molecule has 0 saturated heterocycles. The standard InChI is InChI=1S/C56H34N6S/c1-2-9-43(42(8-1)39-31-37(35-17-24-57-25-18-35)30-38(32-39)36-19-26-58-27-20-36)40-33-48-54(61-34-40)53-47(12-7-23-60-53)56(48)45-11-4-3-10-44(45)52-46(56)15-16-50-55(52)63-51-14-6-5-13-49(51)62(50)41-21-28-59-29-22-41/h1-34H. The second-order valence-electron chi connectivity index (χ2n) is 16.1. The molecule has 1 aliphatic heterocycles. The fourth-order valence-electron chi connectivity index (χ4n) is 10.2. The summed E-state index contributed by atoms with van der Waals surface area (Å²) in [5.74, 6) is 0. The van der Waals surface area contributed by atoms with E-state index in [9.17, 15) is 0 Å². The number of nitrogens with zero attached hydrogens (tertiary/aromatic N) is 6. The average Bonchev–Trinajstić information content (AvgIpc) is 3.83. The summed E-state index contributed by atoms with van der Waals surface area (Å²) in [4.78, 5) is 28.3. The molecular formula is C56H34N6S. The van der Waals surface area contributed by atoms with Crippen LogP contribution in [0.15, 0.2) is 217 Å². The highest BCUT2D eigenvalue weighted by atomic mass is 32.2. The van der Waals surface area contributed by atoms with Gasteiger partial charge in [0.1, 0.15) is 0 Å². The van der Waals surface area contributed by atoms with Crippen molar-refractivity contribution in [1.29, 1.82) is 0 Å². The van der Waals surface area contributed by atoms with Gasteiger partial charge in [0, 0.05) is 81.7 Å². The fraction of sp³-hybridized carbons (Fsp3) is 0.0179. The Morgan fingerprint density at radius 2 is 1.00 bits per heavy atom. The van der Waals surface area contributed by atoms with E-state index in [1.54, 1.807) is 0 Å². The van der Waals surface area contributed by atoms with Gasteiger partial charge >= 0.3 is 0 Å². The zero-order chi connectivity index (χ0) is 41.5. The van der Waals surface area contributed by atoms with E-state index in [1.165, 1.54) is 32.0 Å². The van der Waals surface area contributed by atoms with E-state index >= 15 is 0 Å². The molecule has 1 atom stereocenters. The summed E-state index contributed by atoms with van der Waals surface area (Å²) in [6, 6.07) is 57.1. The Morgan fingerprint density at radius 1 is 0.397 bits per heavy atom. The number of para-hydroxylation sites is 1. The Kier molecular flexibility index (Phi) is 7.95. The number of aromatic nitrogens is 5. The van der Waals surface area contributed by atoms with Crippen LogP contribution in [-0.4, -0.2) is 24.9 Å². The zero-order valence-electron chi connectivity index (χ0n) is 33.7. The fourth-order valence-corrected chi connectivity index (χ4v) is 11.5. The van der Waals surface area contributed by atoms with Gasteiger partial charge in [-0.1, -0.05) is 84.6 Å². The summed E-state index contributed by atoms with van der Waals surface area (Å²) in [6.45, 7) is 0. The highest BCUT2D eigenvalue weighted by molar-refractivity contribution is 8.00. The summed E-state index contributed by atoms with van der Waals surface area (Å²) in [5, 5.41) is 0. The van der Waals surface area contributed by atoms with Crippen LogP contribution in [0.25, 0.3) is 67.0 Å². The molecule has 2 aliphatic carbocycles. The first-order valence-electron chi connectivity index (χ1n) is 21.0. The number of benzene rings is 5. The van der Waals surface area contributed by atoms with Crippen LogP contribution in [-0.2, 0) is 5.41 Å². The van der Waals surface area contributed by atoms with E-state index in [2.05, 4.69) is 178 Å². The molecule has 5 aromatic carbocycles. The molecule has 1 unspecified atom stereocenters. The Balaban J connectivity index is 1.04. The van der Waals surface area contributed by atoms with Crippen molar-refractivity contribution in [3.8, 4) is 67.0 Å². The third kappa shape index (κ3) is 5.30. The zero-order valence-corrected chi connectivity index (χ0v) is 34.5. The molecule has 63 heavy (non-hydrogen) atoms. The molecule has 6 heterocycles. The first-order chi connectivity index (χ1) is 31.3. The van der Waals surface area contributed by atoms with Crippen LogP contribution in [0, 0.1) is 0 Å². The highest BCUT2D eigenvalue weighted by Gasteiger charge is 2.54. The Labute approximate surface area is 368 Å². The highest BCUT2D eigenvalue weighted by Crippen LogP contribution is 2.66. The lowest BCUT2D eigenvalue weighted by Crippen LogP contribution is -2.26. The van der Waals surface area contributed by atoms with Gasteiger partial charge in [-0.2, -0.15) is 0 Å². The molecule has 13 rings (SSSR count). The molecule has 5 aromatic heterocycles. The summed E-state index contributed by atoms with van der Waals surface area (Å²) in [5.41, 5.74) is 20.7. The third-order valence-electron chi connectivity index (χ3n) is 12.9. The van der Waals surface area contributed by atoms with Crippen molar-refractivity contribution >= 4 is 28.8 Å². The van der Waals surface area contributed by atoms with Gasteiger partial charge in [-0.25, -0.2) is 0 Å². The number of hydrogen-bond donors (Lipinski definition) is 0. The second-order valence-corrected chi connectivity index (χ2v) is 17.1. The Morgan fingerprint density at radius 3 is 1.75 bits per heavy atom. The third-order valence-corrected chi connectivity index (χ3v) is 14.0. The van der Waals surface area contributed by atoms with Crippen LogP contribution in [0.1, 0.15) is 22.3 Å². The van der Waals surface area contributed by atoms with Crippen molar-refractivity contribution in [1.82, 2.24) is 24.9 Å². The summed E-state index contributed by atoms with van der Waals surface area (Å²) in [6.07, 6.45) is 15.1. The van der Waals surface area contributed by atoms with E-state index in [1.807, 2.05) is 61.3 Å². The van der Waals surface area contributed by atoms with Crippen LogP contribution in [0.5, 0.6) is 0 Å². The van der Waals surface area contributed by atoms with Gasteiger partial charge in [0.15, 0.2) is 0 Å². The molecule has 0 amide bonds. The van der Waals surface area contributed by atoms with Crippen molar-refractivity contribution in [3.63, 3.8) is 0 Å². The van der Waals surface area contributed by atoms with Crippen molar-refractivity contribution in [3.05, 3.63) is 230 Å². The monoisotopic (exact) mass is 822 g/mol. The SMILES string of the molecule is c1ccc2c(c1)Sc1c(ccc3c1-c1ccccc1C31c3cccnc3-c3ncc(-c4ccccc4-c4cc(-c5ccncc5)cc(-c5ccncc5)c4)cc31)N2c1ccncc1. The lowest BCUT2D eigenvalue weighted by Gasteiger charge is -2.35. The Bertz CT molecular complexity index is 3390. The summed E-state index contributed by atoms with van der Waals surface area (Å²) in [7, 11) is 0. The van der Waals surface area contributed by atoms with Crippen LogP contribution < -0.4 is 4.90 Å². The van der Waals surface area contributed by atoms with Crippen LogP contribution >= 0.6 is 11.8 Å². The van der Waals surface area contributed by atoms with E-state index in [0.717, 1.165) is 84.1 Å². The number of anilines is 3. The minimum atomic E-state index is -0.646. The lowest BCUT2D eigenvalue weighted by atomic mass is 9.70. The maximum atomic E-state index is 5.38. The predicted octanol–water partition coefficient (Wildman–Crippen LogP) is 13.6. The summed E-state index contributed by atoms with van der Waals surface area (Å²) >= 11 is 1.86. The van der Waals surface area contributed by atoms with E-state index in [-0.39, 0.29) is 0 Å². The molecule has 7 heteroatoms. The van der Waals surface area contributed by atoms with Gasteiger partial charge in [0.2, 0.25) is 0 Å². The normalized spacial score (nSPS) is 15.0. The van der Waals surface area contributed by atoms with Gasteiger partial charge < -0.3 is 4.90 Å². The number of pyridine rings is 5.